The Morgan fingerprint density at radius 2 is 1.83 bits per heavy atom. The highest BCUT2D eigenvalue weighted by molar-refractivity contribution is 7.89. The summed E-state index contributed by atoms with van der Waals surface area (Å²) in [4.78, 5) is 17.4. The minimum Gasteiger partial charge on any atom is -0.440 e. The van der Waals surface area contributed by atoms with Gasteiger partial charge in [0, 0.05) is 31.3 Å². The molecule has 29 heavy (non-hydrogen) atoms. The van der Waals surface area contributed by atoms with Crippen LogP contribution in [0, 0.1) is 0 Å². The Bertz CT molecular complexity index is 1150. The highest BCUT2D eigenvalue weighted by Crippen LogP contribution is 2.43. The average molecular weight is 411 g/mol. The van der Waals surface area contributed by atoms with Crippen molar-refractivity contribution in [2.45, 2.75) is 23.7 Å². The van der Waals surface area contributed by atoms with E-state index in [0.29, 0.717) is 17.3 Å². The van der Waals surface area contributed by atoms with Crippen LogP contribution in [-0.4, -0.2) is 37.7 Å². The topological polar surface area (TPSA) is 92.5 Å². The summed E-state index contributed by atoms with van der Waals surface area (Å²) in [6.07, 6.45) is 1.92. The highest BCUT2D eigenvalue weighted by Gasteiger charge is 2.34. The second-order valence-electron chi connectivity index (χ2n) is 7.14. The number of nitrogens with one attached hydrogen (secondary N) is 1. The third kappa shape index (κ3) is 3.94. The number of rotatable bonds is 6. The van der Waals surface area contributed by atoms with E-state index in [1.807, 2.05) is 30.3 Å². The van der Waals surface area contributed by atoms with Crippen LogP contribution in [0.1, 0.15) is 35.0 Å². The SMILES string of the molecule is CN(C)S(=O)(=O)c1cccc(NC(=O)c2nc(-c3ccccc3)oc2C2CC2)c1. The van der Waals surface area contributed by atoms with Gasteiger partial charge in [-0.15, -0.1) is 0 Å². The molecule has 0 spiro atoms. The molecule has 1 aliphatic rings. The van der Waals surface area contributed by atoms with Gasteiger partial charge in [0.05, 0.1) is 4.90 Å². The first-order valence-corrected chi connectivity index (χ1v) is 10.7. The maximum atomic E-state index is 12.9. The van der Waals surface area contributed by atoms with Crippen molar-refractivity contribution in [1.29, 1.82) is 0 Å². The predicted octanol–water partition coefficient (Wildman–Crippen LogP) is 3.72. The number of sulfonamides is 1. The standard InChI is InChI=1S/C21H21N3O4S/c1-24(2)29(26,27)17-10-6-9-16(13-17)22-20(25)18-19(14-11-12-14)28-21(23-18)15-7-4-3-5-8-15/h3-10,13-14H,11-12H2,1-2H3,(H,22,25). The zero-order valence-electron chi connectivity index (χ0n) is 16.1. The number of oxazole rings is 1. The first-order chi connectivity index (χ1) is 13.9. The normalized spacial score (nSPS) is 14.2. The zero-order chi connectivity index (χ0) is 20.6. The fourth-order valence-electron chi connectivity index (χ4n) is 2.96. The van der Waals surface area contributed by atoms with Crippen molar-refractivity contribution in [2.75, 3.05) is 19.4 Å². The maximum absolute atomic E-state index is 12.9. The summed E-state index contributed by atoms with van der Waals surface area (Å²) in [5, 5.41) is 2.75. The minimum atomic E-state index is -3.60. The monoisotopic (exact) mass is 411 g/mol. The number of nitrogens with zero attached hydrogens (tertiary/aromatic N) is 2. The van der Waals surface area contributed by atoms with Gasteiger partial charge in [-0.05, 0) is 43.2 Å². The van der Waals surface area contributed by atoms with E-state index < -0.39 is 15.9 Å². The lowest BCUT2D eigenvalue weighted by molar-refractivity contribution is 0.102. The number of aromatic nitrogens is 1. The third-order valence-corrected chi connectivity index (χ3v) is 6.52. The van der Waals surface area contributed by atoms with Gasteiger partial charge in [0.1, 0.15) is 5.76 Å². The Labute approximate surface area is 169 Å². The van der Waals surface area contributed by atoms with Gasteiger partial charge >= 0.3 is 0 Å². The summed E-state index contributed by atoms with van der Waals surface area (Å²) in [5.74, 6) is 0.762. The van der Waals surface area contributed by atoms with Crippen molar-refractivity contribution in [3.05, 3.63) is 66.1 Å². The summed E-state index contributed by atoms with van der Waals surface area (Å²) in [6, 6.07) is 15.6. The Balaban J connectivity index is 1.63. The lowest BCUT2D eigenvalue weighted by Gasteiger charge is -2.12. The molecule has 8 heteroatoms. The second kappa shape index (κ2) is 7.46. The Morgan fingerprint density at radius 1 is 1.10 bits per heavy atom. The molecule has 0 bridgehead atoms. The fraction of sp³-hybridized carbons (Fsp3) is 0.238. The maximum Gasteiger partial charge on any atom is 0.277 e. The van der Waals surface area contributed by atoms with Gasteiger partial charge < -0.3 is 9.73 Å². The fourth-order valence-corrected chi connectivity index (χ4v) is 3.90. The molecule has 3 aromatic rings. The van der Waals surface area contributed by atoms with Gasteiger partial charge in [0.15, 0.2) is 5.69 Å². The predicted molar refractivity (Wildman–Crippen MR) is 109 cm³/mol. The van der Waals surface area contributed by atoms with E-state index in [-0.39, 0.29) is 16.5 Å². The van der Waals surface area contributed by atoms with Crippen LogP contribution in [0.4, 0.5) is 5.69 Å². The molecule has 0 saturated heterocycles. The zero-order valence-corrected chi connectivity index (χ0v) is 16.9. The Hall–Kier alpha value is -2.97. The van der Waals surface area contributed by atoms with E-state index in [1.54, 1.807) is 12.1 Å². The van der Waals surface area contributed by atoms with Gasteiger partial charge in [0.2, 0.25) is 15.9 Å². The number of anilines is 1. The molecule has 1 amide bonds. The highest BCUT2D eigenvalue weighted by atomic mass is 32.2. The number of benzene rings is 2. The molecule has 0 unspecified atom stereocenters. The quantitative estimate of drug-likeness (QED) is 0.667. The molecule has 1 saturated carbocycles. The van der Waals surface area contributed by atoms with Gasteiger partial charge in [-0.3, -0.25) is 4.79 Å². The van der Waals surface area contributed by atoms with Crippen LogP contribution < -0.4 is 5.32 Å². The van der Waals surface area contributed by atoms with Crippen molar-refractivity contribution in [1.82, 2.24) is 9.29 Å². The van der Waals surface area contributed by atoms with Gasteiger partial charge in [-0.2, -0.15) is 0 Å². The van der Waals surface area contributed by atoms with Crippen LogP contribution in [0.5, 0.6) is 0 Å². The van der Waals surface area contributed by atoms with E-state index in [2.05, 4.69) is 10.3 Å². The van der Waals surface area contributed by atoms with Crippen molar-refractivity contribution < 1.29 is 17.6 Å². The molecule has 1 aromatic heterocycles. The van der Waals surface area contributed by atoms with Gasteiger partial charge in [-0.25, -0.2) is 17.7 Å². The van der Waals surface area contributed by atoms with Crippen LogP contribution in [0.25, 0.3) is 11.5 Å². The molecule has 1 fully saturated rings. The molecule has 2 aromatic carbocycles. The molecule has 4 rings (SSSR count). The van der Waals surface area contributed by atoms with E-state index in [9.17, 15) is 13.2 Å². The molecular formula is C21H21N3O4S. The summed E-state index contributed by atoms with van der Waals surface area (Å²) in [7, 11) is -0.673. The second-order valence-corrected chi connectivity index (χ2v) is 9.29. The van der Waals surface area contributed by atoms with E-state index in [0.717, 1.165) is 22.7 Å². The van der Waals surface area contributed by atoms with E-state index >= 15 is 0 Å². The Kier molecular flexibility index (Phi) is 4.97. The van der Waals surface area contributed by atoms with Gasteiger partial charge in [0.25, 0.3) is 5.91 Å². The molecule has 0 aliphatic heterocycles. The molecule has 7 nitrogen and oxygen atoms in total. The van der Waals surface area contributed by atoms with Crippen LogP contribution in [0.2, 0.25) is 0 Å². The minimum absolute atomic E-state index is 0.104. The van der Waals surface area contributed by atoms with Crippen molar-refractivity contribution >= 4 is 21.6 Å². The third-order valence-electron chi connectivity index (χ3n) is 4.71. The van der Waals surface area contributed by atoms with Crippen LogP contribution >= 0.6 is 0 Å². The first kappa shape index (κ1) is 19.4. The van der Waals surface area contributed by atoms with Crippen molar-refractivity contribution in [2.24, 2.45) is 0 Å². The number of carbonyl (C=O) groups excluding carboxylic acids is 1. The van der Waals surface area contributed by atoms with E-state index in [4.69, 9.17) is 4.42 Å². The lowest BCUT2D eigenvalue weighted by Crippen LogP contribution is -2.22. The largest absolute Gasteiger partial charge is 0.440 e. The number of hydrogen-bond donors (Lipinski definition) is 1. The molecule has 1 N–H and O–H groups in total. The summed E-state index contributed by atoms with van der Waals surface area (Å²) in [5.41, 5.74) is 1.42. The lowest BCUT2D eigenvalue weighted by atomic mass is 10.2. The number of hydrogen-bond acceptors (Lipinski definition) is 5. The van der Waals surface area contributed by atoms with Crippen LogP contribution in [0.3, 0.4) is 0 Å². The van der Waals surface area contributed by atoms with E-state index in [1.165, 1.54) is 26.2 Å². The summed E-state index contributed by atoms with van der Waals surface area (Å²) >= 11 is 0. The Morgan fingerprint density at radius 3 is 2.48 bits per heavy atom. The average Bonchev–Trinajstić information content (AvgIpc) is 3.46. The first-order valence-electron chi connectivity index (χ1n) is 9.26. The van der Waals surface area contributed by atoms with Gasteiger partial charge in [-0.1, -0.05) is 24.3 Å². The molecule has 150 valence electrons. The molecule has 1 heterocycles. The van der Waals surface area contributed by atoms with Crippen LogP contribution in [0.15, 0.2) is 63.9 Å². The number of amides is 1. The molecule has 0 radical (unpaired) electrons. The van der Waals surface area contributed by atoms with Crippen LogP contribution in [-0.2, 0) is 10.0 Å². The summed E-state index contributed by atoms with van der Waals surface area (Å²) < 4.78 is 31.7. The van der Waals surface area contributed by atoms with Crippen molar-refractivity contribution in [3.63, 3.8) is 0 Å². The molecule has 0 atom stereocenters. The smallest absolute Gasteiger partial charge is 0.277 e. The number of carbonyl (C=O) groups is 1. The summed E-state index contributed by atoms with van der Waals surface area (Å²) in [6.45, 7) is 0. The molecular weight excluding hydrogens is 390 g/mol. The molecule has 1 aliphatic carbocycles. The van der Waals surface area contributed by atoms with Crippen molar-refractivity contribution in [3.8, 4) is 11.5 Å².